The highest BCUT2D eigenvalue weighted by Gasteiger charge is 2.18. The molecule has 0 aromatic rings. The van der Waals surface area contributed by atoms with Crippen molar-refractivity contribution in [3.05, 3.63) is 12.3 Å². The van der Waals surface area contributed by atoms with Gasteiger partial charge in [-0.3, -0.25) is 10.1 Å². The second-order valence-electron chi connectivity index (χ2n) is 2.17. The molecule has 0 bridgehead atoms. The minimum atomic E-state index is -0.922. The third-order valence-electron chi connectivity index (χ3n) is 1.25. The second kappa shape index (κ2) is 3.36. The number of carboxylic acids is 1. The Morgan fingerprint density at radius 3 is 3.00 bits per heavy atom. The summed E-state index contributed by atoms with van der Waals surface area (Å²) in [5.74, 6) is -0.922. The molecule has 0 aromatic carbocycles. The van der Waals surface area contributed by atoms with E-state index >= 15 is 0 Å². The van der Waals surface area contributed by atoms with Crippen LogP contribution in [0.25, 0.3) is 0 Å². The van der Waals surface area contributed by atoms with E-state index < -0.39 is 18.2 Å². The Kier molecular flexibility index (Phi) is 2.45. The third kappa shape index (κ3) is 2.21. The molecule has 1 aliphatic heterocycles. The van der Waals surface area contributed by atoms with Crippen molar-refractivity contribution in [3.8, 4) is 0 Å². The molecule has 0 saturated heterocycles. The summed E-state index contributed by atoms with van der Waals surface area (Å²) in [6.07, 6.45) is 2.48. The van der Waals surface area contributed by atoms with Gasteiger partial charge in [-0.25, -0.2) is 0 Å². The molecule has 0 radical (unpaired) electrons. The fraction of sp³-hybridized carbons (Fsp3) is 0.500. The van der Waals surface area contributed by atoms with Crippen LogP contribution in [0.5, 0.6) is 0 Å². The molecule has 0 saturated carbocycles. The van der Waals surface area contributed by atoms with Crippen molar-refractivity contribution in [2.45, 2.75) is 19.2 Å². The van der Waals surface area contributed by atoms with Crippen LogP contribution in [0.15, 0.2) is 12.3 Å². The SMILES string of the molecule is CC(NC1C=COO1)C(=O)O. The molecule has 1 aliphatic rings. The van der Waals surface area contributed by atoms with Crippen molar-refractivity contribution in [1.29, 1.82) is 0 Å². The summed E-state index contributed by atoms with van der Waals surface area (Å²) in [4.78, 5) is 19.3. The van der Waals surface area contributed by atoms with Crippen LogP contribution < -0.4 is 5.32 Å². The number of carboxylic acid groups (broad SMARTS) is 1. The lowest BCUT2D eigenvalue weighted by Crippen LogP contribution is -2.40. The molecule has 0 aromatic heterocycles. The average molecular weight is 159 g/mol. The van der Waals surface area contributed by atoms with Gasteiger partial charge in [0, 0.05) is 6.08 Å². The Balaban J connectivity index is 2.29. The van der Waals surface area contributed by atoms with Gasteiger partial charge in [0.2, 0.25) is 0 Å². The lowest BCUT2D eigenvalue weighted by molar-refractivity contribution is -0.259. The Labute approximate surface area is 63.5 Å². The Morgan fingerprint density at radius 2 is 2.55 bits per heavy atom. The Morgan fingerprint density at radius 1 is 1.82 bits per heavy atom. The highest BCUT2D eigenvalue weighted by atomic mass is 17.2. The number of rotatable bonds is 3. The lowest BCUT2D eigenvalue weighted by Gasteiger charge is -2.11. The van der Waals surface area contributed by atoms with Crippen LogP contribution in [0, 0.1) is 0 Å². The number of nitrogens with one attached hydrogen (secondary N) is 1. The van der Waals surface area contributed by atoms with Crippen molar-refractivity contribution in [2.75, 3.05) is 0 Å². The van der Waals surface area contributed by atoms with E-state index in [4.69, 9.17) is 5.11 Å². The predicted molar refractivity (Wildman–Crippen MR) is 35.3 cm³/mol. The van der Waals surface area contributed by atoms with Gasteiger partial charge in [0.15, 0.2) is 6.23 Å². The van der Waals surface area contributed by atoms with Crippen LogP contribution >= 0.6 is 0 Å². The highest BCUT2D eigenvalue weighted by molar-refractivity contribution is 5.72. The minimum absolute atomic E-state index is 0.457. The van der Waals surface area contributed by atoms with Gasteiger partial charge in [-0.05, 0) is 6.92 Å². The van der Waals surface area contributed by atoms with Crippen LogP contribution in [0.1, 0.15) is 6.92 Å². The van der Waals surface area contributed by atoms with Crippen LogP contribution in [0.3, 0.4) is 0 Å². The lowest BCUT2D eigenvalue weighted by atomic mass is 10.3. The number of hydrogen-bond donors (Lipinski definition) is 2. The smallest absolute Gasteiger partial charge is 0.320 e. The zero-order valence-corrected chi connectivity index (χ0v) is 5.98. The van der Waals surface area contributed by atoms with Crippen molar-refractivity contribution in [1.82, 2.24) is 5.32 Å². The predicted octanol–water partition coefficient (Wildman–Crippen LogP) is -0.149. The molecule has 11 heavy (non-hydrogen) atoms. The summed E-state index contributed by atoms with van der Waals surface area (Å²) in [5, 5.41) is 11.1. The first kappa shape index (κ1) is 8.03. The monoisotopic (exact) mass is 159 g/mol. The number of aliphatic carboxylic acids is 1. The maximum absolute atomic E-state index is 10.3. The highest BCUT2D eigenvalue weighted by Crippen LogP contribution is 2.01. The molecule has 62 valence electrons. The van der Waals surface area contributed by atoms with E-state index in [-0.39, 0.29) is 0 Å². The number of carbonyl (C=O) groups is 1. The Hall–Kier alpha value is -1.07. The molecule has 2 atom stereocenters. The van der Waals surface area contributed by atoms with Gasteiger partial charge in [-0.15, -0.1) is 0 Å². The van der Waals surface area contributed by atoms with E-state index in [9.17, 15) is 4.79 Å². The van der Waals surface area contributed by atoms with Crippen LogP contribution in [0.4, 0.5) is 0 Å². The largest absolute Gasteiger partial charge is 0.480 e. The normalized spacial score (nSPS) is 24.6. The molecule has 0 aliphatic carbocycles. The maximum atomic E-state index is 10.3. The quantitative estimate of drug-likeness (QED) is 0.560. The molecule has 5 heteroatoms. The number of hydrogen-bond acceptors (Lipinski definition) is 4. The van der Waals surface area contributed by atoms with Crippen molar-refractivity contribution in [3.63, 3.8) is 0 Å². The standard InChI is InChI=1S/C6H9NO4/c1-4(6(8)9)7-5-2-3-10-11-5/h2-5,7H,1H3,(H,8,9). The zero-order valence-electron chi connectivity index (χ0n) is 5.98. The molecule has 0 amide bonds. The second-order valence-corrected chi connectivity index (χ2v) is 2.17. The molecule has 0 fully saturated rings. The molecule has 1 heterocycles. The maximum Gasteiger partial charge on any atom is 0.320 e. The van der Waals surface area contributed by atoms with Gasteiger partial charge in [0.1, 0.15) is 12.3 Å². The molecule has 0 spiro atoms. The van der Waals surface area contributed by atoms with E-state index in [1.54, 1.807) is 6.08 Å². The minimum Gasteiger partial charge on any atom is -0.480 e. The van der Waals surface area contributed by atoms with E-state index in [0.717, 1.165) is 0 Å². The summed E-state index contributed by atoms with van der Waals surface area (Å²) in [6, 6.07) is -0.647. The van der Waals surface area contributed by atoms with E-state index in [0.29, 0.717) is 0 Å². The molecule has 5 nitrogen and oxygen atoms in total. The first-order chi connectivity index (χ1) is 5.20. The van der Waals surface area contributed by atoms with Crippen molar-refractivity contribution in [2.24, 2.45) is 0 Å². The van der Waals surface area contributed by atoms with Gasteiger partial charge in [-0.1, -0.05) is 0 Å². The van der Waals surface area contributed by atoms with E-state index in [2.05, 4.69) is 15.1 Å². The van der Waals surface area contributed by atoms with Crippen LogP contribution in [-0.2, 0) is 14.6 Å². The summed E-state index contributed by atoms with van der Waals surface area (Å²) < 4.78 is 0. The van der Waals surface area contributed by atoms with Crippen LogP contribution in [-0.4, -0.2) is 23.3 Å². The Bertz CT molecular complexity index is 179. The van der Waals surface area contributed by atoms with E-state index in [1.807, 2.05) is 0 Å². The van der Waals surface area contributed by atoms with Crippen molar-refractivity contribution < 1.29 is 19.7 Å². The fourth-order valence-electron chi connectivity index (χ4n) is 0.628. The summed E-state index contributed by atoms with van der Waals surface area (Å²) in [6.45, 7) is 1.53. The fourth-order valence-corrected chi connectivity index (χ4v) is 0.628. The van der Waals surface area contributed by atoms with E-state index in [1.165, 1.54) is 13.2 Å². The molecule has 2 unspecified atom stereocenters. The molecule has 1 rings (SSSR count). The topological polar surface area (TPSA) is 67.8 Å². The molecule has 2 N–H and O–H groups in total. The van der Waals surface area contributed by atoms with Gasteiger partial charge in [-0.2, -0.15) is 4.89 Å². The zero-order chi connectivity index (χ0) is 8.27. The summed E-state index contributed by atoms with van der Waals surface area (Å²) in [5.41, 5.74) is 0. The molecular formula is C6H9NO4. The van der Waals surface area contributed by atoms with Crippen LogP contribution in [0.2, 0.25) is 0 Å². The molecular weight excluding hydrogens is 150 g/mol. The van der Waals surface area contributed by atoms with Gasteiger partial charge in [0.05, 0.1) is 0 Å². The first-order valence-corrected chi connectivity index (χ1v) is 3.18. The summed E-state index contributed by atoms with van der Waals surface area (Å²) >= 11 is 0. The average Bonchev–Trinajstić information content (AvgIpc) is 2.39. The summed E-state index contributed by atoms with van der Waals surface area (Å²) in [7, 11) is 0. The van der Waals surface area contributed by atoms with Gasteiger partial charge >= 0.3 is 5.97 Å². The van der Waals surface area contributed by atoms with Crippen molar-refractivity contribution >= 4 is 5.97 Å². The van der Waals surface area contributed by atoms with Gasteiger partial charge < -0.3 is 9.99 Å². The van der Waals surface area contributed by atoms with Gasteiger partial charge in [0.25, 0.3) is 0 Å². The third-order valence-corrected chi connectivity index (χ3v) is 1.25. The first-order valence-electron chi connectivity index (χ1n) is 3.18.